The minimum Gasteiger partial charge on any atom is -0.362 e. The molecule has 1 atom stereocenters. The summed E-state index contributed by atoms with van der Waals surface area (Å²) in [6, 6.07) is 6.68. The van der Waals surface area contributed by atoms with Gasteiger partial charge in [-0.1, -0.05) is 44.4 Å². The van der Waals surface area contributed by atoms with Crippen LogP contribution in [0.1, 0.15) is 45.1 Å². The molecule has 6 heteroatoms. The Hall–Kier alpha value is -3.67. The number of hydrogen-bond acceptors (Lipinski definition) is 5. The van der Waals surface area contributed by atoms with Gasteiger partial charge in [-0.25, -0.2) is 9.38 Å². The molecule has 0 spiro atoms. The van der Waals surface area contributed by atoms with E-state index in [1.165, 1.54) is 17.7 Å². The van der Waals surface area contributed by atoms with Gasteiger partial charge in [0, 0.05) is 61.4 Å². The van der Waals surface area contributed by atoms with E-state index >= 15 is 0 Å². The summed E-state index contributed by atoms with van der Waals surface area (Å²) in [5, 5.41) is 11.2. The van der Waals surface area contributed by atoms with Gasteiger partial charge in [0.05, 0.1) is 5.70 Å². The zero-order chi connectivity index (χ0) is 24.9. The van der Waals surface area contributed by atoms with E-state index in [1.54, 1.807) is 6.20 Å². The van der Waals surface area contributed by atoms with E-state index in [0.717, 1.165) is 78.5 Å². The summed E-state index contributed by atoms with van der Waals surface area (Å²) in [6.07, 6.45) is 13.3. The summed E-state index contributed by atoms with van der Waals surface area (Å²) in [5.74, 6) is 0.717. The van der Waals surface area contributed by atoms with Crippen molar-refractivity contribution >= 4 is 17.1 Å². The van der Waals surface area contributed by atoms with Crippen molar-refractivity contribution in [3.05, 3.63) is 102 Å². The van der Waals surface area contributed by atoms with E-state index in [2.05, 4.69) is 59.3 Å². The molecule has 1 aromatic rings. The highest BCUT2D eigenvalue weighted by Gasteiger charge is 2.30. The molecule has 1 aliphatic carbocycles. The quantitative estimate of drug-likeness (QED) is 0.509. The highest BCUT2D eigenvalue weighted by atomic mass is 19.1. The molecule has 0 aromatic heterocycles. The number of nitrogens with one attached hydrogen (secondary N) is 2. The van der Waals surface area contributed by atoms with Gasteiger partial charge in [0.15, 0.2) is 5.84 Å². The van der Waals surface area contributed by atoms with Crippen LogP contribution in [-0.4, -0.2) is 34.4 Å². The van der Waals surface area contributed by atoms with Gasteiger partial charge in [0.1, 0.15) is 5.82 Å². The lowest BCUT2D eigenvalue weighted by Crippen LogP contribution is -2.43. The van der Waals surface area contributed by atoms with Gasteiger partial charge >= 0.3 is 0 Å². The molecule has 0 amide bonds. The predicted molar refractivity (Wildman–Crippen MR) is 143 cm³/mol. The number of rotatable bonds is 6. The van der Waals surface area contributed by atoms with Crippen molar-refractivity contribution < 1.29 is 4.39 Å². The minimum absolute atomic E-state index is 0.112. The van der Waals surface area contributed by atoms with Gasteiger partial charge in [-0.3, -0.25) is 0 Å². The second kappa shape index (κ2) is 10.7. The second-order valence-electron chi connectivity index (χ2n) is 9.03. The zero-order valence-electron chi connectivity index (χ0n) is 20.6. The third kappa shape index (κ3) is 5.21. The Morgan fingerprint density at radius 3 is 2.63 bits per heavy atom. The molecule has 35 heavy (non-hydrogen) atoms. The lowest BCUT2D eigenvalue weighted by Gasteiger charge is -2.39. The first-order valence-electron chi connectivity index (χ1n) is 12.2. The highest BCUT2D eigenvalue weighted by Crippen LogP contribution is 2.38. The summed E-state index contributed by atoms with van der Waals surface area (Å²) in [5.41, 5.74) is 7.10. The molecular formula is C29H34FN5. The van der Waals surface area contributed by atoms with E-state index in [-0.39, 0.29) is 11.7 Å². The van der Waals surface area contributed by atoms with Gasteiger partial charge in [-0.15, -0.1) is 0 Å². The first-order chi connectivity index (χ1) is 16.9. The third-order valence-electron chi connectivity index (χ3n) is 6.86. The molecule has 2 aliphatic heterocycles. The third-order valence-corrected chi connectivity index (χ3v) is 6.86. The molecule has 2 heterocycles. The number of aliphatic imine (C=N–C) groups is 1. The van der Waals surface area contributed by atoms with Crippen molar-refractivity contribution in [1.29, 1.82) is 5.41 Å². The standard InChI is InChI=1S/C29H34FN5/c1-5-22-19-24(9-12-27(22)32-6-2)28(20(3)23-7-10-25(30)11-8-23)35-18-15-33-29(21(35)4)34-16-13-26(31)14-17-34/h6-8,10-12,15,18-19,24,31-32H,2,4-5,9,13-14,16-17H2,1,3H3/b28-20+. The normalized spacial score (nSPS) is 21.2. The second-order valence-corrected chi connectivity index (χ2v) is 9.03. The molecule has 1 aromatic carbocycles. The number of allylic oxidation sites excluding steroid dienone is 4. The Morgan fingerprint density at radius 1 is 1.26 bits per heavy atom. The maximum absolute atomic E-state index is 13.7. The first kappa shape index (κ1) is 24.5. The van der Waals surface area contributed by atoms with Crippen LogP contribution in [0.15, 0.2) is 95.8 Å². The maximum atomic E-state index is 13.7. The molecular weight excluding hydrogens is 437 g/mol. The van der Waals surface area contributed by atoms with Crippen molar-refractivity contribution in [2.75, 3.05) is 13.1 Å². The van der Waals surface area contributed by atoms with Crippen molar-refractivity contribution in [1.82, 2.24) is 15.1 Å². The van der Waals surface area contributed by atoms with Crippen LogP contribution in [0.2, 0.25) is 0 Å². The smallest absolute Gasteiger partial charge is 0.152 e. The van der Waals surface area contributed by atoms with Crippen LogP contribution in [0, 0.1) is 17.1 Å². The Balaban J connectivity index is 1.74. The van der Waals surface area contributed by atoms with Crippen LogP contribution in [0.3, 0.4) is 0 Å². The van der Waals surface area contributed by atoms with Crippen molar-refractivity contribution in [2.45, 2.75) is 39.5 Å². The van der Waals surface area contributed by atoms with Crippen LogP contribution < -0.4 is 5.32 Å². The number of amidine groups is 1. The molecule has 4 rings (SSSR count). The number of likely N-dealkylation sites (tertiary alicyclic amines) is 1. The van der Waals surface area contributed by atoms with E-state index in [1.807, 2.05) is 24.5 Å². The summed E-state index contributed by atoms with van der Waals surface area (Å²) >= 11 is 0. The summed E-state index contributed by atoms with van der Waals surface area (Å²) in [4.78, 5) is 9.05. The number of benzene rings is 1. The minimum atomic E-state index is -0.246. The molecule has 5 nitrogen and oxygen atoms in total. The molecule has 3 aliphatic rings. The molecule has 1 saturated heterocycles. The highest BCUT2D eigenvalue weighted by molar-refractivity contribution is 6.00. The van der Waals surface area contributed by atoms with Crippen LogP contribution in [0.25, 0.3) is 5.57 Å². The fourth-order valence-electron chi connectivity index (χ4n) is 4.94. The largest absolute Gasteiger partial charge is 0.362 e. The van der Waals surface area contributed by atoms with Crippen LogP contribution in [0.5, 0.6) is 0 Å². The monoisotopic (exact) mass is 471 g/mol. The van der Waals surface area contributed by atoms with Gasteiger partial charge in [0.2, 0.25) is 0 Å². The van der Waals surface area contributed by atoms with E-state index in [9.17, 15) is 4.39 Å². The SMILES string of the molecule is C=CNC1=CCC(/C(=C(/C)c2ccc(F)cc2)N2C=CN=C(N3CCC(=N)CC3)C2=C)C=C1CC. The van der Waals surface area contributed by atoms with Crippen LogP contribution in [-0.2, 0) is 0 Å². The van der Waals surface area contributed by atoms with E-state index in [0.29, 0.717) is 0 Å². The maximum Gasteiger partial charge on any atom is 0.152 e. The number of piperidine rings is 1. The van der Waals surface area contributed by atoms with E-state index < -0.39 is 0 Å². The van der Waals surface area contributed by atoms with Crippen molar-refractivity contribution in [3.63, 3.8) is 0 Å². The molecule has 0 bridgehead atoms. The predicted octanol–water partition coefficient (Wildman–Crippen LogP) is 6.34. The molecule has 1 fully saturated rings. The Labute approximate surface area is 207 Å². The number of halogens is 1. The summed E-state index contributed by atoms with van der Waals surface area (Å²) in [7, 11) is 0. The topological polar surface area (TPSA) is 54.7 Å². The summed E-state index contributed by atoms with van der Waals surface area (Å²) in [6.45, 7) is 14.1. The molecule has 0 radical (unpaired) electrons. The molecule has 2 N–H and O–H groups in total. The van der Waals surface area contributed by atoms with Gasteiger partial charge in [-0.2, -0.15) is 0 Å². The van der Waals surface area contributed by atoms with Gasteiger partial charge < -0.3 is 20.5 Å². The van der Waals surface area contributed by atoms with Crippen LogP contribution >= 0.6 is 0 Å². The Kier molecular flexibility index (Phi) is 7.49. The molecule has 0 saturated carbocycles. The summed E-state index contributed by atoms with van der Waals surface area (Å²) < 4.78 is 13.7. The van der Waals surface area contributed by atoms with Gasteiger partial charge in [-0.05, 0) is 54.8 Å². The molecule has 1 unspecified atom stereocenters. The first-order valence-corrected chi connectivity index (χ1v) is 12.2. The van der Waals surface area contributed by atoms with Crippen LogP contribution in [0.4, 0.5) is 4.39 Å². The number of hydrogen-bond donors (Lipinski definition) is 2. The average Bonchev–Trinajstić information content (AvgIpc) is 2.87. The van der Waals surface area contributed by atoms with E-state index in [4.69, 9.17) is 5.41 Å². The van der Waals surface area contributed by atoms with Gasteiger partial charge in [0.25, 0.3) is 0 Å². The fourth-order valence-corrected chi connectivity index (χ4v) is 4.94. The van der Waals surface area contributed by atoms with Crippen molar-refractivity contribution in [2.24, 2.45) is 10.9 Å². The van der Waals surface area contributed by atoms with Crippen molar-refractivity contribution in [3.8, 4) is 0 Å². The average molecular weight is 472 g/mol. The lowest BCUT2D eigenvalue weighted by molar-refractivity contribution is 0.401. The number of nitrogens with zero attached hydrogens (tertiary/aromatic N) is 3. The zero-order valence-corrected chi connectivity index (χ0v) is 20.6. The lowest BCUT2D eigenvalue weighted by atomic mass is 9.86. The Morgan fingerprint density at radius 2 is 1.97 bits per heavy atom. The Bertz CT molecular complexity index is 1160. The molecule has 182 valence electrons. The fraction of sp³-hybridized carbons (Fsp3) is 0.310.